The van der Waals surface area contributed by atoms with Crippen molar-refractivity contribution in [3.05, 3.63) is 40.0 Å². The molecule has 1 aromatic carbocycles. The Morgan fingerprint density at radius 3 is 2.65 bits per heavy atom. The first-order valence-corrected chi connectivity index (χ1v) is 5.90. The predicted molar refractivity (Wildman–Crippen MR) is 63.4 cm³/mol. The number of rotatable bonds is 1. The van der Waals surface area contributed by atoms with Gasteiger partial charge in [-0.25, -0.2) is 8.78 Å². The maximum absolute atomic E-state index is 13.7. The van der Waals surface area contributed by atoms with E-state index in [-0.39, 0.29) is 5.39 Å². The second-order valence-corrected chi connectivity index (χ2v) is 4.87. The molecule has 0 radical (unpaired) electrons. The van der Waals surface area contributed by atoms with Crippen molar-refractivity contribution in [1.29, 1.82) is 0 Å². The third kappa shape index (κ3) is 1.69. The van der Waals surface area contributed by atoms with E-state index in [0.29, 0.717) is 16.5 Å². The maximum Gasteiger partial charge on any atom is 0.137 e. The minimum absolute atomic E-state index is 0.218. The third-order valence-electron chi connectivity index (χ3n) is 3.17. The Hall–Kier alpha value is -1.22. The molecule has 1 fully saturated rings. The fourth-order valence-corrected chi connectivity index (χ4v) is 2.42. The highest BCUT2D eigenvalue weighted by molar-refractivity contribution is 6.36. The van der Waals surface area contributed by atoms with Gasteiger partial charge < -0.3 is 0 Å². The van der Waals surface area contributed by atoms with Crippen LogP contribution in [0.2, 0.25) is 5.02 Å². The molecule has 2 aromatic rings. The first kappa shape index (κ1) is 10.9. The van der Waals surface area contributed by atoms with Gasteiger partial charge in [-0.15, -0.1) is 0 Å². The Bertz CT molecular complexity index is 621. The molecule has 1 aliphatic rings. The number of nitrogens with zero attached hydrogens (tertiary/aromatic N) is 1. The van der Waals surface area contributed by atoms with Gasteiger partial charge in [0.25, 0.3) is 0 Å². The highest BCUT2D eigenvalue weighted by Crippen LogP contribution is 2.43. The zero-order valence-electron chi connectivity index (χ0n) is 9.23. The number of hydrogen-bond donors (Lipinski definition) is 0. The molecule has 0 unspecified atom stereocenters. The molecule has 0 amide bonds. The standard InChI is InChI=1S/C13H10ClF2N/c1-6-12(14)11-9(16)4-8(15)5-10(11)17-13(6)7-2-3-7/h4-5,7H,2-3H2,1H3. The first-order chi connectivity index (χ1) is 8.08. The van der Waals surface area contributed by atoms with Crippen LogP contribution in [0.25, 0.3) is 10.9 Å². The summed E-state index contributed by atoms with van der Waals surface area (Å²) >= 11 is 6.16. The molecule has 0 N–H and O–H groups in total. The number of halogens is 3. The molecule has 4 heteroatoms. The van der Waals surface area contributed by atoms with E-state index < -0.39 is 11.6 Å². The first-order valence-electron chi connectivity index (χ1n) is 5.52. The lowest BCUT2D eigenvalue weighted by molar-refractivity contribution is 0.591. The smallest absolute Gasteiger partial charge is 0.137 e. The van der Waals surface area contributed by atoms with Gasteiger partial charge in [0.05, 0.1) is 15.9 Å². The summed E-state index contributed by atoms with van der Waals surface area (Å²) in [7, 11) is 0. The van der Waals surface area contributed by atoms with Crippen molar-refractivity contribution < 1.29 is 8.78 Å². The fraction of sp³-hybridized carbons (Fsp3) is 0.308. The number of aromatic nitrogens is 1. The molecule has 1 aliphatic carbocycles. The monoisotopic (exact) mass is 253 g/mol. The highest BCUT2D eigenvalue weighted by atomic mass is 35.5. The lowest BCUT2D eigenvalue weighted by Crippen LogP contribution is -1.97. The van der Waals surface area contributed by atoms with E-state index >= 15 is 0 Å². The van der Waals surface area contributed by atoms with Gasteiger partial charge in [-0.05, 0) is 25.3 Å². The zero-order chi connectivity index (χ0) is 12.2. The second-order valence-electron chi connectivity index (χ2n) is 4.49. The van der Waals surface area contributed by atoms with Crippen LogP contribution in [0, 0.1) is 18.6 Å². The molecule has 3 rings (SSSR count). The summed E-state index contributed by atoms with van der Waals surface area (Å²) in [6.07, 6.45) is 2.15. The van der Waals surface area contributed by atoms with Crippen molar-refractivity contribution in [1.82, 2.24) is 4.98 Å². The van der Waals surface area contributed by atoms with Crippen LogP contribution in [0.5, 0.6) is 0 Å². The number of pyridine rings is 1. The molecule has 0 atom stereocenters. The van der Waals surface area contributed by atoms with Gasteiger partial charge in [-0.3, -0.25) is 4.98 Å². The molecule has 0 aliphatic heterocycles. The van der Waals surface area contributed by atoms with Crippen LogP contribution < -0.4 is 0 Å². The SMILES string of the molecule is Cc1c(C2CC2)nc2cc(F)cc(F)c2c1Cl. The quantitative estimate of drug-likeness (QED) is 0.736. The molecular formula is C13H10ClF2N. The van der Waals surface area contributed by atoms with Crippen LogP contribution in [0.3, 0.4) is 0 Å². The van der Waals surface area contributed by atoms with E-state index in [1.54, 1.807) is 0 Å². The van der Waals surface area contributed by atoms with Crippen LogP contribution in [0.15, 0.2) is 12.1 Å². The van der Waals surface area contributed by atoms with E-state index in [1.807, 2.05) is 6.92 Å². The Kier molecular flexibility index (Phi) is 2.33. The summed E-state index contributed by atoms with van der Waals surface area (Å²) in [6.45, 7) is 1.84. The van der Waals surface area contributed by atoms with E-state index in [2.05, 4.69) is 4.98 Å². The van der Waals surface area contributed by atoms with Gasteiger partial charge in [0, 0.05) is 23.7 Å². The predicted octanol–water partition coefficient (Wildman–Crippen LogP) is 4.35. The van der Waals surface area contributed by atoms with Crippen molar-refractivity contribution >= 4 is 22.5 Å². The molecule has 0 saturated heterocycles. The van der Waals surface area contributed by atoms with E-state index in [0.717, 1.165) is 30.2 Å². The average molecular weight is 254 g/mol. The Morgan fingerprint density at radius 1 is 1.29 bits per heavy atom. The van der Waals surface area contributed by atoms with E-state index in [1.165, 1.54) is 6.07 Å². The number of fused-ring (bicyclic) bond motifs is 1. The summed E-state index contributed by atoms with van der Waals surface area (Å²) in [4.78, 5) is 4.35. The molecule has 1 nitrogen and oxygen atoms in total. The highest BCUT2D eigenvalue weighted by Gasteiger charge is 2.28. The molecule has 1 aromatic heterocycles. The van der Waals surface area contributed by atoms with Gasteiger partial charge in [-0.2, -0.15) is 0 Å². The minimum Gasteiger partial charge on any atom is -0.252 e. The van der Waals surface area contributed by atoms with Crippen LogP contribution in [0.4, 0.5) is 8.78 Å². The topological polar surface area (TPSA) is 12.9 Å². The maximum atomic E-state index is 13.7. The molecule has 88 valence electrons. The van der Waals surface area contributed by atoms with Gasteiger partial charge in [0.15, 0.2) is 0 Å². The van der Waals surface area contributed by atoms with E-state index in [4.69, 9.17) is 11.6 Å². The molecule has 1 heterocycles. The van der Waals surface area contributed by atoms with Crippen LogP contribution >= 0.6 is 11.6 Å². The minimum atomic E-state index is -0.650. The summed E-state index contributed by atoms with van der Waals surface area (Å²) in [5.41, 5.74) is 2.00. The van der Waals surface area contributed by atoms with E-state index in [9.17, 15) is 8.78 Å². The van der Waals surface area contributed by atoms with Gasteiger partial charge in [0.2, 0.25) is 0 Å². The van der Waals surface area contributed by atoms with Gasteiger partial charge in [-0.1, -0.05) is 11.6 Å². The molecule has 0 bridgehead atoms. The fourth-order valence-electron chi connectivity index (χ4n) is 2.13. The van der Waals surface area contributed by atoms with Crippen molar-refractivity contribution in [2.45, 2.75) is 25.7 Å². The van der Waals surface area contributed by atoms with Crippen LogP contribution in [-0.2, 0) is 0 Å². The average Bonchev–Trinajstić information content (AvgIpc) is 3.05. The zero-order valence-corrected chi connectivity index (χ0v) is 9.98. The molecular weight excluding hydrogens is 244 g/mol. The summed E-state index contributed by atoms with van der Waals surface area (Å²) in [5.74, 6) is -0.865. The Labute approximate surface area is 102 Å². The van der Waals surface area contributed by atoms with Gasteiger partial charge >= 0.3 is 0 Å². The summed E-state index contributed by atoms with van der Waals surface area (Å²) in [6, 6.07) is 2.07. The number of benzene rings is 1. The molecule has 17 heavy (non-hydrogen) atoms. The largest absolute Gasteiger partial charge is 0.252 e. The Balaban J connectivity index is 2.39. The summed E-state index contributed by atoms with van der Waals surface area (Å²) in [5, 5.41) is 0.573. The van der Waals surface area contributed by atoms with Gasteiger partial charge in [0.1, 0.15) is 11.6 Å². The number of hydrogen-bond acceptors (Lipinski definition) is 1. The normalized spacial score (nSPS) is 15.5. The van der Waals surface area contributed by atoms with Crippen LogP contribution in [-0.4, -0.2) is 4.98 Å². The third-order valence-corrected chi connectivity index (χ3v) is 3.64. The Morgan fingerprint density at radius 2 is 2.00 bits per heavy atom. The van der Waals surface area contributed by atoms with Crippen molar-refractivity contribution in [3.8, 4) is 0 Å². The lowest BCUT2D eigenvalue weighted by Gasteiger charge is -2.10. The van der Waals surface area contributed by atoms with Crippen molar-refractivity contribution in [3.63, 3.8) is 0 Å². The second kappa shape index (κ2) is 3.64. The van der Waals surface area contributed by atoms with Crippen molar-refractivity contribution in [2.75, 3.05) is 0 Å². The van der Waals surface area contributed by atoms with Crippen molar-refractivity contribution in [2.24, 2.45) is 0 Å². The molecule has 0 spiro atoms. The van der Waals surface area contributed by atoms with Crippen LogP contribution in [0.1, 0.15) is 30.0 Å². The lowest BCUT2D eigenvalue weighted by atomic mass is 10.1. The summed E-state index contributed by atoms with van der Waals surface area (Å²) < 4.78 is 26.8. The molecule has 1 saturated carbocycles.